The van der Waals surface area contributed by atoms with Crippen LogP contribution in [0.1, 0.15) is 21.6 Å². The molecule has 1 N–H and O–H groups in total. The number of anilines is 1. The third-order valence-electron chi connectivity index (χ3n) is 4.42. The summed E-state index contributed by atoms with van der Waals surface area (Å²) in [5, 5.41) is 9.29. The fourth-order valence-corrected chi connectivity index (χ4v) is 3.74. The highest BCUT2D eigenvalue weighted by Gasteiger charge is 2.20. The zero-order valence-corrected chi connectivity index (χ0v) is 16.3. The van der Waals surface area contributed by atoms with Crippen molar-refractivity contribution in [3.05, 3.63) is 88.7 Å². The number of thiophene rings is 1. The first-order valence-corrected chi connectivity index (χ1v) is 9.68. The minimum Gasteiger partial charge on any atom is -0.318 e. The topological polar surface area (TPSA) is 46.9 Å². The summed E-state index contributed by atoms with van der Waals surface area (Å²) in [6, 6.07) is 17.7. The quantitative estimate of drug-likeness (QED) is 0.492. The molecule has 0 bridgehead atoms. The molecule has 0 atom stereocenters. The number of hydrogen-bond donors (Lipinski definition) is 1. The lowest BCUT2D eigenvalue weighted by Gasteiger charge is -2.11. The van der Waals surface area contributed by atoms with Gasteiger partial charge in [0.05, 0.1) is 16.3 Å². The second-order valence-electron chi connectivity index (χ2n) is 6.53. The Balaban J connectivity index is 1.80. The molecule has 0 spiro atoms. The van der Waals surface area contributed by atoms with Crippen molar-refractivity contribution in [2.45, 2.75) is 13.8 Å². The Hall–Kier alpha value is -3.25. The van der Waals surface area contributed by atoms with Gasteiger partial charge < -0.3 is 5.32 Å². The van der Waals surface area contributed by atoms with Gasteiger partial charge in [0.2, 0.25) is 0 Å². The molecule has 2 aromatic heterocycles. The molecule has 0 unspecified atom stereocenters. The molecule has 1 amide bonds. The van der Waals surface area contributed by atoms with Crippen molar-refractivity contribution in [2.24, 2.45) is 0 Å². The lowest BCUT2D eigenvalue weighted by atomic mass is 10.1. The van der Waals surface area contributed by atoms with Crippen LogP contribution in [0.25, 0.3) is 16.3 Å². The van der Waals surface area contributed by atoms with Crippen LogP contribution in [0, 0.1) is 19.7 Å². The van der Waals surface area contributed by atoms with E-state index in [4.69, 9.17) is 0 Å². The van der Waals surface area contributed by atoms with E-state index in [9.17, 15) is 9.18 Å². The van der Waals surface area contributed by atoms with Gasteiger partial charge in [0.15, 0.2) is 0 Å². The highest BCUT2D eigenvalue weighted by atomic mass is 32.1. The number of aryl methyl sites for hydroxylation is 2. The van der Waals surface area contributed by atoms with Crippen LogP contribution in [-0.4, -0.2) is 15.7 Å². The van der Waals surface area contributed by atoms with Crippen molar-refractivity contribution in [3.63, 3.8) is 0 Å². The van der Waals surface area contributed by atoms with Gasteiger partial charge in [-0.05, 0) is 55.1 Å². The molecular weight excluding hydrogens is 373 g/mol. The molecule has 0 fully saturated rings. The van der Waals surface area contributed by atoms with Crippen LogP contribution in [0.4, 0.5) is 10.1 Å². The monoisotopic (exact) mass is 391 g/mol. The summed E-state index contributed by atoms with van der Waals surface area (Å²) in [4.78, 5) is 13.9. The van der Waals surface area contributed by atoms with E-state index in [1.807, 2.05) is 49.6 Å². The van der Waals surface area contributed by atoms with E-state index in [0.29, 0.717) is 11.4 Å². The van der Waals surface area contributed by atoms with Gasteiger partial charge >= 0.3 is 0 Å². The average molecular weight is 391 g/mol. The molecule has 0 aliphatic heterocycles. The fourth-order valence-electron chi connectivity index (χ4n) is 3.06. The van der Waals surface area contributed by atoms with Gasteiger partial charge in [-0.3, -0.25) is 4.79 Å². The molecule has 0 saturated carbocycles. The van der Waals surface area contributed by atoms with E-state index >= 15 is 0 Å². The predicted octanol–water partition coefficient (Wildman–Crippen LogP) is 5.61. The number of carbonyl (C=O) groups is 1. The lowest BCUT2D eigenvalue weighted by molar-refractivity contribution is 0.101. The molecular formula is C22H18FN3OS. The summed E-state index contributed by atoms with van der Waals surface area (Å²) < 4.78 is 15.6. The molecule has 4 aromatic rings. The van der Waals surface area contributed by atoms with E-state index in [1.165, 1.54) is 12.1 Å². The second-order valence-corrected chi connectivity index (χ2v) is 7.48. The van der Waals surface area contributed by atoms with Crippen molar-refractivity contribution >= 4 is 22.9 Å². The Bertz CT molecular complexity index is 1150. The second kappa shape index (κ2) is 7.40. The summed E-state index contributed by atoms with van der Waals surface area (Å²) >= 11 is 1.55. The molecule has 2 aromatic carbocycles. The van der Waals surface area contributed by atoms with Gasteiger partial charge in [-0.2, -0.15) is 5.10 Å². The maximum atomic E-state index is 14.0. The largest absolute Gasteiger partial charge is 0.318 e. The van der Waals surface area contributed by atoms with E-state index in [0.717, 1.165) is 21.7 Å². The standard InChI is InChI=1S/C22H18FN3OS/c1-14-9-10-19(15(2)12-14)26-20(13-18(25-26)21-8-5-11-28-21)22(27)24-17-7-4-3-6-16(17)23/h3-13H,1-2H3,(H,24,27). The van der Waals surface area contributed by atoms with Crippen LogP contribution in [0.3, 0.4) is 0 Å². The molecule has 4 rings (SSSR count). The minimum absolute atomic E-state index is 0.138. The maximum absolute atomic E-state index is 14.0. The van der Waals surface area contributed by atoms with Crippen LogP contribution in [-0.2, 0) is 0 Å². The Labute approximate surface area is 166 Å². The Morgan fingerprint density at radius 3 is 2.61 bits per heavy atom. The molecule has 6 heteroatoms. The van der Waals surface area contributed by atoms with Crippen LogP contribution in [0.2, 0.25) is 0 Å². The molecule has 0 aliphatic rings. The van der Waals surface area contributed by atoms with E-state index in [2.05, 4.69) is 10.4 Å². The highest BCUT2D eigenvalue weighted by molar-refractivity contribution is 7.13. The number of rotatable bonds is 4. The van der Waals surface area contributed by atoms with Gasteiger partial charge in [0.25, 0.3) is 5.91 Å². The predicted molar refractivity (Wildman–Crippen MR) is 111 cm³/mol. The third-order valence-corrected chi connectivity index (χ3v) is 5.31. The number of halogens is 1. The number of nitrogens with one attached hydrogen (secondary N) is 1. The molecule has 0 radical (unpaired) electrons. The summed E-state index contributed by atoms with van der Waals surface area (Å²) in [5.41, 5.74) is 4.13. The molecule has 0 aliphatic carbocycles. The van der Waals surface area contributed by atoms with Gasteiger partial charge in [-0.1, -0.05) is 35.9 Å². The molecule has 0 saturated heterocycles. The summed E-state index contributed by atoms with van der Waals surface area (Å²) in [5.74, 6) is -0.896. The van der Waals surface area contributed by atoms with Gasteiger partial charge in [0, 0.05) is 0 Å². The smallest absolute Gasteiger partial charge is 0.274 e. The Morgan fingerprint density at radius 1 is 1.07 bits per heavy atom. The van der Waals surface area contributed by atoms with Gasteiger partial charge in [0.1, 0.15) is 17.2 Å². The molecule has 28 heavy (non-hydrogen) atoms. The van der Waals surface area contributed by atoms with Crippen molar-refractivity contribution in [2.75, 3.05) is 5.32 Å². The molecule has 4 nitrogen and oxygen atoms in total. The van der Waals surface area contributed by atoms with Crippen LogP contribution < -0.4 is 5.32 Å². The maximum Gasteiger partial charge on any atom is 0.274 e. The number of carbonyl (C=O) groups excluding carboxylic acids is 1. The summed E-state index contributed by atoms with van der Waals surface area (Å²) in [6.45, 7) is 4.00. The normalized spacial score (nSPS) is 10.8. The van der Waals surface area contributed by atoms with E-state index in [1.54, 1.807) is 34.2 Å². The van der Waals surface area contributed by atoms with Crippen molar-refractivity contribution in [1.82, 2.24) is 9.78 Å². The van der Waals surface area contributed by atoms with Crippen molar-refractivity contribution in [1.29, 1.82) is 0 Å². The number of nitrogens with zero attached hydrogens (tertiary/aromatic N) is 2. The summed E-state index contributed by atoms with van der Waals surface area (Å²) in [6.07, 6.45) is 0. The van der Waals surface area contributed by atoms with E-state index < -0.39 is 11.7 Å². The first-order valence-electron chi connectivity index (χ1n) is 8.80. The van der Waals surface area contributed by atoms with Gasteiger partial charge in [-0.25, -0.2) is 9.07 Å². The third kappa shape index (κ3) is 3.46. The zero-order chi connectivity index (χ0) is 19.7. The number of amides is 1. The number of aromatic nitrogens is 2. The first-order chi connectivity index (χ1) is 13.5. The first kappa shape index (κ1) is 18.1. The Morgan fingerprint density at radius 2 is 1.89 bits per heavy atom. The van der Waals surface area contributed by atoms with Crippen LogP contribution in [0.15, 0.2) is 66.0 Å². The van der Waals surface area contributed by atoms with Crippen LogP contribution >= 0.6 is 11.3 Å². The number of benzene rings is 2. The van der Waals surface area contributed by atoms with Crippen molar-refractivity contribution < 1.29 is 9.18 Å². The minimum atomic E-state index is -0.480. The van der Waals surface area contributed by atoms with Crippen LogP contribution in [0.5, 0.6) is 0 Å². The lowest BCUT2D eigenvalue weighted by Crippen LogP contribution is -2.18. The number of hydrogen-bond acceptors (Lipinski definition) is 3. The SMILES string of the molecule is Cc1ccc(-n2nc(-c3cccs3)cc2C(=O)Nc2ccccc2F)c(C)c1. The number of para-hydroxylation sites is 1. The average Bonchev–Trinajstić information content (AvgIpc) is 3.33. The highest BCUT2D eigenvalue weighted by Crippen LogP contribution is 2.27. The molecule has 140 valence electrons. The zero-order valence-electron chi connectivity index (χ0n) is 15.4. The van der Waals surface area contributed by atoms with Crippen molar-refractivity contribution in [3.8, 4) is 16.3 Å². The van der Waals surface area contributed by atoms with E-state index in [-0.39, 0.29) is 5.69 Å². The summed E-state index contributed by atoms with van der Waals surface area (Å²) in [7, 11) is 0. The van der Waals surface area contributed by atoms with Gasteiger partial charge in [-0.15, -0.1) is 11.3 Å². The Kier molecular flexibility index (Phi) is 4.79. The molecule has 2 heterocycles. The fraction of sp³-hybridized carbons (Fsp3) is 0.0909.